The number of ether oxygens (including phenoxy) is 1. The molecule has 0 saturated carbocycles. The van der Waals surface area contributed by atoms with E-state index in [2.05, 4.69) is 4.98 Å². The van der Waals surface area contributed by atoms with Crippen molar-refractivity contribution in [2.45, 2.75) is 12.6 Å². The minimum Gasteiger partial charge on any atom is -0.489 e. The molecule has 0 fully saturated rings. The fourth-order valence-corrected chi connectivity index (χ4v) is 3.88. The lowest BCUT2D eigenvalue weighted by Gasteiger charge is -2.37. The van der Waals surface area contributed by atoms with Crippen molar-refractivity contribution in [1.82, 2.24) is 9.55 Å². The highest BCUT2D eigenvalue weighted by atomic mass is 19.1. The van der Waals surface area contributed by atoms with Crippen LogP contribution in [0.15, 0.2) is 83.9 Å². The van der Waals surface area contributed by atoms with Crippen molar-refractivity contribution in [2.75, 3.05) is 11.5 Å². The average molecular weight is 415 g/mol. The van der Waals surface area contributed by atoms with E-state index in [9.17, 15) is 14.0 Å². The molecule has 0 unspecified atom stereocenters. The Bertz CT molecular complexity index is 1340. The zero-order valence-corrected chi connectivity index (χ0v) is 16.4. The monoisotopic (exact) mass is 415 g/mol. The van der Waals surface area contributed by atoms with E-state index in [4.69, 9.17) is 4.74 Å². The maximum atomic E-state index is 13.5. The number of halogens is 1. The summed E-state index contributed by atoms with van der Waals surface area (Å²) in [5, 5.41) is 0.263. The molecule has 0 aliphatic carbocycles. The molecule has 1 amide bonds. The molecule has 0 bridgehead atoms. The molecular formula is C24H18FN3O3. The van der Waals surface area contributed by atoms with E-state index in [1.807, 2.05) is 54.6 Å². The number of hydrogen-bond donors (Lipinski definition) is 0. The smallest absolute Gasteiger partial charge is 0.261 e. The van der Waals surface area contributed by atoms with Crippen molar-refractivity contribution in [3.05, 3.63) is 101 Å². The zero-order chi connectivity index (χ0) is 21.4. The number of aromatic nitrogens is 2. The van der Waals surface area contributed by atoms with E-state index in [0.717, 1.165) is 5.56 Å². The number of nitrogens with zero attached hydrogens (tertiary/aromatic N) is 3. The number of carbonyl (C=O) groups is 1. The molecule has 0 radical (unpaired) electrons. The van der Waals surface area contributed by atoms with Crippen LogP contribution < -0.4 is 15.2 Å². The van der Waals surface area contributed by atoms with Crippen LogP contribution in [0.3, 0.4) is 0 Å². The van der Waals surface area contributed by atoms with Crippen LogP contribution in [0.4, 0.5) is 10.1 Å². The van der Waals surface area contributed by atoms with Gasteiger partial charge >= 0.3 is 0 Å². The zero-order valence-electron chi connectivity index (χ0n) is 16.4. The average Bonchev–Trinajstić information content (AvgIpc) is 2.80. The number of benzene rings is 3. The summed E-state index contributed by atoms with van der Waals surface area (Å²) in [5.74, 6) is -0.124. The number of rotatable bonds is 3. The summed E-state index contributed by atoms with van der Waals surface area (Å²) in [6.07, 6.45) is 1.28. The van der Waals surface area contributed by atoms with Gasteiger partial charge in [-0.3, -0.25) is 19.1 Å². The third kappa shape index (κ3) is 3.44. The molecule has 2 heterocycles. The van der Waals surface area contributed by atoms with Crippen molar-refractivity contribution < 1.29 is 13.9 Å². The Balaban J connectivity index is 1.54. The summed E-state index contributed by atoms with van der Waals surface area (Å²) in [6.45, 7) is 0.105. The Morgan fingerprint density at radius 3 is 2.68 bits per heavy atom. The number of hydrogen-bond acceptors (Lipinski definition) is 4. The van der Waals surface area contributed by atoms with Crippen molar-refractivity contribution in [1.29, 1.82) is 0 Å². The molecule has 1 atom stereocenters. The summed E-state index contributed by atoms with van der Waals surface area (Å²) in [5.41, 5.74) is 1.45. The molecule has 1 aromatic heterocycles. The first kappa shape index (κ1) is 19.0. The van der Waals surface area contributed by atoms with E-state index in [0.29, 0.717) is 18.0 Å². The standard InChI is InChI=1S/C24H18FN3O3/c25-17-10-11-18-19(12-17)26-15-27(24(18)30)13-23(29)28-20-8-4-5-9-22(20)31-14-21(28)16-6-2-1-3-7-16/h1-12,15,21H,13-14H2/t21-/m1/s1. The highest BCUT2D eigenvalue weighted by Crippen LogP contribution is 2.39. The van der Waals surface area contributed by atoms with Crippen LogP contribution >= 0.6 is 0 Å². The molecule has 7 heteroatoms. The van der Waals surface area contributed by atoms with Crippen LogP contribution in [0.25, 0.3) is 10.9 Å². The number of amides is 1. The second kappa shape index (κ2) is 7.68. The minimum atomic E-state index is -0.469. The molecule has 6 nitrogen and oxygen atoms in total. The lowest BCUT2D eigenvalue weighted by atomic mass is 10.0. The fourth-order valence-electron chi connectivity index (χ4n) is 3.88. The van der Waals surface area contributed by atoms with Crippen LogP contribution in [-0.2, 0) is 11.3 Å². The highest BCUT2D eigenvalue weighted by molar-refractivity contribution is 5.96. The summed E-state index contributed by atoms with van der Waals surface area (Å²) >= 11 is 0. The van der Waals surface area contributed by atoms with E-state index in [-0.39, 0.29) is 29.4 Å². The second-order valence-electron chi connectivity index (χ2n) is 7.31. The van der Waals surface area contributed by atoms with Crippen molar-refractivity contribution in [3.63, 3.8) is 0 Å². The van der Waals surface area contributed by atoms with Crippen LogP contribution in [0.2, 0.25) is 0 Å². The number of anilines is 1. The second-order valence-corrected chi connectivity index (χ2v) is 7.31. The maximum absolute atomic E-state index is 13.5. The maximum Gasteiger partial charge on any atom is 0.261 e. The summed E-state index contributed by atoms with van der Waals surface area (Å²) < 4.78 is 20.6. The van der Waals surface area contributed by atoms with Gasteiger partial charge in [-0.25, -0.2) is 9.37 Å². The number of fused-ring (bicyclic) bond motifs is 2. The molecule has 5 rings (SSSR count). The van der Waals surface area contributed by atoms with Crippen LogP contribution in [0.5, 0.6) is 5.75 Å². The Kier molecular flexibility index (Phi) is 4.71. The number of carbonyl (C=O) groups excluding carboxylic acids is 1. The first-order valence-electron chi connectivity index (χ1n) is 9.85. The summed E-state index contributed by atoms with van der Waals surface area (Å²) in [7, 11) is 0. The van der Waals surface area contributed by atoms with Crippen molar-refractivity contribution >= 4 is 22.5 Å². The molecule has 1 aliphatic heterocycles. The van der Waals surface area contributed by atoms with Gasteiger partial charge in [0.1, 0.15) is 24.7 Å². The van der Waals surface area contributed by atoms with Gasteiger partial charge in [0.25, 0.3) is 5.56 Å². The van der Waals surface area contributed by atoms with E-state index in [1.165, 1.54) is 29.1 Å². The molecule has 3 aromatic carbocycles. The predicted molar refractivity (Wildman–Crippen MR) is 115 cm³/mol. The molecule has 154 valence electrons. The van der Waals surface area contributed by atoms with Gasteiger partial charge in [0.2, 0.25) is 5.91 Å². The topological polar surface area (TPSA) is 64.4 Å². The molecule has 4 aromatic rings. The first-order valence-corrected chi connectivity index (χ1v) is 9.85. The molecule has 0 spiro atoms. The molecule has 31 heavy (non-hydrogen) atoms. The molecule has 1 aliphatic rings. The van der Waals surface area contributed by atoms with Crippen LogP contribution in [-0.4, -0.2) is 22.1 Å². The predicted octanol–water partition coefficient (Wildman–Crippen LogP) is 3.70. The first-order chi connectivity index (χ1) is 15.1. The quantitative estimate of drug-likeness (QED) is 0.512. The SMILES string of the molecule is O=C(Cn1cnc2cc(F)ccc2c1=O)N1c2ccccc2OC[C@@H]1c1ccccc1. The fraction of sp³-hybridized carbons (Fsp3) is 0.125. The lowest BCUT2D eigenvalue weighted by Crippen LogP contribution is -2.43. The van der Waals surface area contributed by atoms with Gasteiger partial charge in [-0.2, -0.15) is 0 Å². The third-order valence-corrected chi connectivity index (χ3v) is 5.38. The number of para-hydroxylation sites is 2. The normalized spacial score (nSPS) is 15.4. The molecule has 0 saturated heterocycles. The van der Waals surface area contributed by atoms with E-state index < -0.39 is 11.4 Å². The Morgan fingerprint density at radius 1 is 1.06 bits per heavy atom. The van der Waals surface area contributed by atoms with Crippen molar-refractivity contribution in [2.24, 2.45) is 0 Å². The van der Waals surface area contributed by atoms with Gasteiger partial charge < -0.3 is 4.74 Å². The Hall–Kier alpha value is -4.00. The van der Waals surface area contributed by atoms with Gasteiger partial charge in [0.05, 0.1) is 29.0 Å². The molecular weight excluding hydrogens is 397 g/mol. The summed E-state index contributed by atoms with van der Waals surface area (Å²) in [4.78, 5) is 32.2. The minimum absolute atomic E-state index is 0.198. The Labute approximate surface area is 177 Å². The van der Waals surface area contributed by atoms with E-state index in [1.54, 1.807) is 4.90 Å². The van der Waals surface area contributed by atoms with Gasteiger partial charge in [-0.1, -0.05) is 42.5 Å². The van der Waals surface area contributed by atoms with E-state index >= 15 is 0 Å². The van der Waals surface area contributed by atoms with Gasteiger partial charge in [0, 0.05) is 6.07 Å². The van der Waals surface area contributed by atoms with Crippen LogP contribution in [0, 0.1) is 5.82 Å². The Morgan fingerprint density at radius 2 is 1.84 bits per heavy atom. The third-order valence-electron chi connectivity index (χ3n) is 5.38. The lowest BCUT2D eigenvalue weighted by molar-refractivity contribution is -0.120. The van der Waals surface area contributed by atoms with Gasteiger partial charge in [0.15, 0.2) is 0 Å². The molecule has 0 N–H and O–H groups in total. The van der Waals surface area contributed by atoms with Crippen molar-refractivity contribution in [3.8, 4) is 5.75 Å². The summed E-state index contributed by atoms with van der Waals surface area (Å²) in [6, 6.07) is 20.4. The largest absolute Gasteiger partial charge is 0.489 e. The van der Waals surface area contributed by atoms with Gasteiger partial charge in [-0.05, 0) is 29.8 Å². The van der Waals surface area contributed by atoms with Gasteiger partial charge in [-0.15, -0.1) is 0 Å². The van der Waals surface area contributed by atoms with Crippen LogP contribution in [0.1, 0.15) is 11.6 Å². The highest BCUT2D eigenvalue weighted by Gasteiger charge is 2.33.